The Balaban J connectivity index is 1.46. The number of benzene rings is 1. The molecule has 5 nitrogen and oxygen atoms in total. The fraction of sp³-hybridized carbons (Fsp3) is 0.500. The maximum absolute atomic E-state index is 12.3. The van der Waals surface area contributed by atoms with E-state index < -0.39 is 6.10 Å². The lowest BCUT2D eigenvalue weighted by molar-refractivity contribution is -0.153. The van der Waals surface area contributed by atoms with Gasteiger partial charge in [-0.25, -0.2) is 0 Å². The van der Waals surface area contributed by atoms with Gasteiger partial charge >= 0.3 is 0 Å². The van der Waals surface area contributed by atoms with Crippen LogP contribution in [0.1, 0.15) is 45.2 Å². The van der Waals surface area contributed by atoms with Gasteiger partial charge in [-0.2, -0.15) is 0 Å². The number of aliphatic hydroxyl groups excluding tert-OH is 1. The summed E-state index contributed by atoms with van der Waals surface area (Å²) >= 11 is 3.26. The number of carbonyl (C=O) groups is 2. The predicted octanol–water partition coefficient (Wildman–Crippen LogP) is 3.48. The zero-order valence-corrected chi connectivity index (χ0v) is 17.5. The Hall–Kier alpha value is -1.44. The van der Waals surface area contributed by atoms with E-state index in [9.17, 15) is 14.7 Å². The number of allylic oxidation sites excluding steroid dienone is 1. The van der Waals surface area contributed by atoms with Crippen LogP contribution in [0.15, 0.2) is 40.3 Å². The molecule has 2 heterocycles. The van der Waals surface area contributed by atoms with Crippen molar-refractivity contribution in [3.63, 3.8) is 0 Å². The third-order valence-electron chi connectivity index (χ3n) is 5.04. The van der Waals surface area contributed by atoms with Crippen molar-refractivity contribution in [1.29, 1.82) is 0 Å². The molecule has 1 saturated heterocycles. The van der Waals surface area contributed by atoms with Gasteiger partial charge in [-0.05, 0) is 25.8 Å². The van der Waals surface area contributed by atoms with E-state index in [1.807, 2.05) is 51.1 Å². The number of nitrogens with one attached hydrogen (secondary N) is 1. The van der Waals surface area contributed by atoms with Crippen molar-refractivity contribution in [2.45, 2.75) is 51.1 Å². The van der Waals surface area contributed by atoms with Crippen molar-refractivity contribution in [3.05, 3.63) is 45.8 Å². The van der Waals surface area contributed by atoms with Gasteiger partial charge < -0.3 is 15.3 Å². The van der Waals surface area contributed by atoms with Crippen LogP contribution in [0.4, 0.5) is 0 Å². The number of hydrogen-bond donors (Lipinski definition) is 2. The minimum Gasteiger partial charge on any atom is -0.392 e. The van der Waals surface area contributed by atoms with Gasteiger partial charge in [0.15, 0.2) is 0 Å². The standard InChI is InChI=1S/C20H26N2O3S2/c1-4-15(23)17-18(25)22-13(3)20(27-19(17)22)26-11-10-16(24)21-12(2)14-8-6-5-7-9-14/h5-9,12,15,17,19,23H,4,10-11H2,1-3H3,(H,21,24)/t12?,15-,17+,19+/m0/s1. The number of rotatable bonds is 8. The van der Waals surface area contributed by atoms with E-state index in [1.165, 1.54) is 0 Å². The summed E-state index contributed by atoms with van der Waals surface area (Å²) in [6, 6.07) is 9.89. The normalized spacial score (nSPS) is 23.7. The van der Waals surface area contributed by atoms with Crippen LogP contribution in [0.3, 0.4) is 0 Å². The van der Waals surface area contributed by atoms with Crippen molar-refractivity contribution in [2.75, 3.05) is 5.75 Å². The van der Waals surface area contributed by atoms with Gasteiger partial charge in [-0.15, -0.1) is 11.8 Å². The molecule has 0 bridgehead atoms. The predicted molar refractivity (Wildman–Crippen MR) is 111 cm³/mol. The summed E-state index contributed by atoms with van der Waals surface area (Å²) < 4.78 is 1.09. The highest BCUT2D eigenvalue weighted by Gasteiger charge is 2.55. The summed E-state index contributed by atoms with van der Waals surface area (Å²) in [5, 5.41) is 13.1. The second kappa shape index (κ2) is 8.71. The molecule has 0 radical (unpaired) electrons. The molecule has 4 atom stereocenters. The monoisotopic (exact) mass is 406 g/mol. The fourth-order valence-corrected chi connectivity index (χ4v) is 6.28. The number of hydrogen-bond acceptors (Lipinski definition) is 5. The topological polar surface area (TPSA) is 69.6 Å². The number of nitrogens with zero attached hydrogens (tertiary/aromatic N) is 1. The van der Waals surface area contributed by atoms with Crippen molar-refractivity contribution in [3.8, 4) is 0 Å². The first-order valence-electron chi connectivity index (χ1n) is 9.29. The summed E-state index contributed by atoms with van der Waals surface area (Å²) in [4.78, 5) is 26.3. The maximum Gasteiger partial charge on any atom is 0.236 e. The molecule has 0 aliphatic carbocycles. The molecule has 3 rings (SSSR count). The zero-order chi connectivity index (χ0) is 19.6. The Kier molecular flexibility index (Phi) is 6.55. The lowest BCUT2D eigenvalue weighted by Gasteiger charge is -2.44. The van der Waals surface area contributed by atoms with Crippen LogP contribution in [0.2, 0.25) is 0 Å². The third-order valence-corrected chi connectivity index (χ3v) is 7.90. The largest absolute Gasteiger partial charge is 0.392 e. The second-order valence-corrected chi connectivity index (χ2v) is 9.38. The number of carbonyl (C=O) groups excluding carboxylic acids is 2. The van der Waals surface area contributed by atoms with Gasteiger partial charge in [0.05, 0.1) is 22.3 Å². The molecule has 146 valence electrons. The van der Waals surface area contributed by atoms with Crippen LogP contribution < -0.4 is 5.32 Å². The molecule has 2 amide bonds. The van der Waals surface area contributed by atoms with E-state index in [0.717, 1.165) is 15.5 Å². The minimum absolute atomic E-state index is 0.0126. The highest BCUT2D eigenvalue weighted by atomic mass is 32.2. The molecule has 1 aromatic rings. The number of thioether (sulfide) groups is 2. The molecule has 1 fully saturated rings. The van der Waals surface area contributed by atoms with Gasteiger partial charge in [0.25, 0.3) is 0 Å². The van der Waals surface area contributed by atoms with E-state index in [1.54, 1.807) is 28.4 Å². The lowest BCUT2D eigenvalue weighted by Crippen LogP contribution is -2.60. The number of fused-ring (bicyclic) bond motifs is 1. The highest BCUT2D eigenvalue weighted by Crippen LogP contribution is 2.53. The molecule has 0 saturated carbocycles. The van der Waals surface area contributed by atoms with E-state index in [0.29, 0.717) is 18.6 Å². The zero-order valence-electron chi connectivity index (χ0n) is 15.8. The van der Waals surface area contributed by atoms with Gasteiger partial charge in [-0.3, -0.25) is 9.59 Å². The fourth-order valence-electron chi connectivity index (χ4n) is 3.38. The summed E-state index contributed by atoms with van der Waals surface area (Å²) in [6.07, 6.45) is 0.440. The van der Waals surface area contributed by atoms with Crippen molar-refractivity contribution in [2.24, 2.45) is 5.92 Å². The molecule has 1 aromatic carbocycles. The van der Waals surface area contributed by atoms with Crippen molar-refractivity contribution in [1.82, 2.24) is 10.2 Å². The first kappa shape index (κ1) is 20.3. The maximum atomic E-state index is 12.3. The van der Waals surface area contributed by atoms with Gasteiger partial charge in [0.2, 0.25) is 11.8 Å². The van der Waals surface area contributed by atoms with Crippen LogP contribution in [0.25, 0.3) is 0 Å². The molecule has 7 heteroatoms. The lowest BCUT2D eigenvalue weighted by atomic mass is 9.90. The SMILES string of the molecule is CC[C@H](O)[C@@H]1C(=O)N2C(C)=C(SCCC(=O)NC(C)c3ccccc3)S[C@H]12. The quantitative estimate of drug-likeness (QED) is 0.647. The molecule has 2 aliphatic heterocycles. The van der Waals surface area contributed by atoms with Crippen molar-refractivity contribution >= 4 is 35.3 Å². The molecule has 27 heavy (non-hydrogen) atoms. The Morgan fingerprint density at radius 2 is 2.07 bits per heavy atom. The molecule has 2 N–H and O–H groups in total. The Morgan fingerprint density at radius 3 is 2.74 bits per heavy atom. The average Bonchev–Trinajstić information content (AvgIpc) is 2.94. The molecule has 0 spiro atoms. The smallest absolute Gasteiger partial charge is 0.236 e. The first-order valence-corrected chi connectivity index (χ1v) is 11.2. The van der Waals surface area contributed by atoms with E-state index in [-0.39, 0.29) is 29.1 Å². The number of amides is 2. The Bertz CT molecular complexity index is 738. The van der Waals surface area contributed by atoms with Crippen molar-refractivity contribution < 1.29 is 14.7 Å². The summed E-state index contributed by atoms with van der Waals surface area (Å²) in [6.45, 7) is 5.82. The van der Waals surface area contributed by atoms with Crippen LogP contribution in [0.5, 0.6) is 0 Å². The number of aliphatic hydroxyl groups is 1. The third kappa shape index (κ3) is 4.20. The van der Waals surface area contributed by atoms with E-state index >= 15 is 0 Å². The van der Waals surface area contributed by atoms with Crippen LogP contribution in [0, 0.1) is 5.92 Å². The Morgan fingerprint density at radius 1 is 1.37 bits per heavy atom. The van der Waals surface area contributed by atoms with E-state index in [2.05, 4.69) is 5.32 Å². The molecular weight excluding hydrogens is 380 g/mol. The van der Waals surface area contributed by atoms with E-state index in [4.69, 9.17) is 0 Å². The van der Waals surface area contributed by atoms with Crippen LogP contribution in [-0.4, -0.2) is 39.1 Å². The van der Waals surface area contributed by atoms with Gasteiger partial charge in [0.1, 0.15) is 5.37 Å². The molecule has 2 aliphatic rings. The second-order valence-electron chi connectivity index (χ2n) is 6.89. The first-order chi connectivity index (χ1) is 12.9. The minimum atomic E-state index is -0.575. The Labute approximate surface area is 169 Å². The highest BCUT2D eigenvalue weighted by molar-refractivity contribution is 8.22. The summed E-state index contributed by atoms with van der Waals surface area (Å²) in [7, 11) is 0. The molecule has 1 unspecified atom stereocenters. The summed E-state index contributed by atoms with van der Waals surface area (Å²) in [5.41, 5.74) is 2.05. The number of β-lactam (4-membered cyclic amide) rings is 1. The molecular formula is C20H26N2O3S2. The molecule has 0 aromatic heterocycles. The van der Waals surface area contributed by atoms with Crippen LogP contribution >= 0.6 is 23.5 Å². The van der Waals surface area contributed by atoms with Crippen LogP contribution in [-0.2, 0) is 9.59 Å². The van der Waals surface area contributed by atoms with Gasteiger partial charge in [0, 0.05) is 17.9 Å². The average molecular weight is 407 g/mol. The summed E-state index contributed by atoms with van der Waals surface area (Å²) in [5.74, 6) is 0.411. The van der Waals surface area contributed by atoms with Gasteiger partial charge in [-0.1, -0.05) is 49.0 Å².